The minimum Gasteiger partial charge on any atom is -0.422 e. The van der Waals surface area contributed by atoms with Crippen LogP contribution in [0.25, 0.3) is 11.0 Å². The summed E-state index contributed by atoms with van der Waals surface area (Å²) in [4.78, 5) is 29.6. The Morgan fingerprint density at radius 3 is 2.83 bits per heavy atom. The lowest BCUT2D eigenvalue weighted by Crippen LogP contribution is -2.29. The maximum atomic E-state index is 12.2. The average molecular weight is 328 g/mol. The van der Waals surface area contributed by atoms with E-state index < -0.39 is 11.5 Å². The number of hydrogen-bond acceptors (Lipinski definition) is 5. The molecule has 5 nitrogen and oxygen atoms in total. The van der Waals surface area contributed by atoms with Gasteiger partial charge >= 0.3 is 5.63 Å². The van der Waals surface area contributed by atoms with Crippen molar-refractivity contribution in [2.75, 3.05) is 6.54 Å². The second-order valence-corrected chi connectivity index (χ2v) is 6.52. The van der Waals surface area contributed by atoms with E-state index in [1.807, 2.05) is 19.9 Å². The lowest BCUT2D eigenvalue weighted by molar-refractivity contribution is 0.0950. The summed E-state index contributed by atoms with van der Waals surface area (Å²) in [5.74, 6) is -0.414. The number of fused-ring (bicyclic) bond motifs is 1. The van der Waals surface area contributed by atoms with Gasteiger partial charge in [-0.05, 0) is 26.0 Å². The fraction of sp³-hybridized carbons (Fsp3) is 0.235. The van der Waals surface area contributed by atoms with Crippen molar-refractivity contribution in [2.45, 2.75) is 20.3 Å². The zero-order valence-electron chi connectivity index (χ0n) is 12.9. The standard InChI is InChI=1S/C17H16N2O3S/c1-10-15(23-11(2)19-10)7-8-18-16(20)13-9-12-5-3-4-6-14(12)22-17(13)21/h3-6,9H,7-8H2,1-2H3,(H,18,20). The topological polar surface area (TPSA) is 72.2 Å². The normalized spacial score (nSPS) is 10.9. The molecule has 1 aromatic carbocycles. The highest BCUT2D eigenvalue weighted by atomic mass is 32.1. The van der Waals surface area contributed by atoms with Crippen LogP contribution in [0.5, 0.6) is 0 Å². The number of thiazole rings is 1. The molecule has 2 aromatic heterocycles. The summed E-state index contributed by atoms with van der Waals surface area (Å²) in [6, 6.07) is 8.69. The smallest absolute Gasteiger partial charge is 0.349 e. The second kappa shape index (κ2) is 6.34. The Morgan fingerprint density at radius 1 is 1.30 bits per heavy atom. The van der Waals surface area contributed by atoms with Crippen LogP contribution < -0.4 is 10.9 Å². The molecule has 0 aliphatic carbocycles. The molecule has 3 aromatic rings. The molecule has 0 fully saturated rings. The summed E-state index contributed by atoms with van der Waals surface area (Å²) in [5.41, 5.74) is 0.878. The van der Waals surface area contributed by atoms with Crippen molar-refractivity contribution in [3.8, 4) is 0 Å². The Labute approximate surface area is 137 Å². The number of aromatic nitrogens is 1. The van der Waals surface area contributed by atoms with E-state index in [2.05, 4.69) is 10.3 Å². The summed E-state index contributed by atoms with van der Waals surface area (Å²) in [6.45, 7) is 4.37. The molecular weight excluding hydrogens is 312 g/mol. The van der Waals surface area contributed by atoms with Gasteiger partial charge in [-0.1, -0.05) is 18.2 Å². The fourth-order valence-corrected chi connectivity index (χ4v) is 3.35. The van der Waals surface area contributed by atoms with E-state index in [0.717, 1.165) is 21.0 Å². The van der Waals surface area contributed by atoms with Crippen LogP contribution in [0.15, 0.2) is 39.5 Å². The number of nitrogens with one attached hydrogen (secondary N) is 1. The summed E-state index contributed by atoms with van der Waals surface area (Å²) >= 11 is 1.62. The SMILES string of the molecule is Cc1nc(C)c(CCNC(=O)c2cc3ccccc3oc2=O)s1. The zero-order valence-corrected chi connectivity index (χ0v) is 13.7. The van der Waals surface area contributed by atoms with Crippen LogP contribution in [-0.2, 0) is 6.42 Å². The Hall–Kier alpha value is -2.47. The van der Waals surface area contributed by atoms with Crippen LogP contribution in [0.4, 0.5) is 0 Å². The van der Waals surface area contributed by atoms with Crippen LogP contribution in [0.3, 0.4) is 0 Å². The maximum Gasteiger partial charge on any atom is 0.349 e. The minimum absolute atomic E-state index is 0.0286. The molecule has 0 unspecified atom stereocenters. The number of carbonyl (C=O) groups is 1. The van der Waals surface area contributed by atoms with Crippen LogP contribution in [0.1, 0.15) is 25.9 Å². The van der Waals surface area contributed by atoms with Crippen molar-refractivity contribution in [3.05, 3.63) is 61.9 Å². The molecule has 6 heteroatoms. The highest BCUT2D eigenvalue weighted by molar-refractivity contribution is 7.11. The number of nitrogens with zero attached hydrogens (tertiary/aromatic N) is 1. The van der Waals surface area contributed by atoms with Crippen molar-refractivity contribution >= 4 is 28.2 Å². The number of carbonyl (C=O) groups excluding carboxylic acids is 1. The molecule has 1 amide bonds. The first-order valence-corrected chi connectivity index (χ1v) is 8.10. The summed E-state index contributed by atoms with van der Waals surface area (Å²) < 4.78 is 5.18. The van der Waals surface area contributed by atoms with Crippen molar-refractivity contribution < 1.29 is 9.21 Å². The van der Waals surface area contributed by atoms with Gasteiger partial charge in [-0.25, -0.2) is 9.78 Å². The van der Waals surface area contributed by atoms with Crippen molar-refractivity contribution in [2.24, 2.45) is 0 Å². The minimum atomic E-state index is -0.619. The summed E-state index contributed by atoms with van der Waals surface area (Å²) in [6.07, 6.45) is 0.696. The summed E-state index contributed by atoms with van der Waals surface area (Å²) in [7, 11) is 0. The molecule has 0 bridgehead atoms. The molecule has 0 aliphatic rings. The maximum absolute atomic E-state index is 12.2. The first-order valence-electron chi connectivity index (χ1n) is 7.28. The number of benzene rings is 1. The largest absolute Gasteiger partial charge is 0.422 e. The van der Waals surface area contributed by atoms with Crippen molar-refractivity contribution in [1.29, 1.82) is 0 Å². The lowest BCUT2D eigenvalue weighted by atomic mass is 10.2. The number of amides is 1. The predicted octanol–water partition coefficient (Wildman–Crippen LogP) is 2.84. The van der Waals surface area contributed by atoms with E-state index in [1.54, 1.807) is 35.6 Å². The fourth-order valence-electron chi connectivity index (χ4n) is 2.41. The number of rotatable bonds is 4. The van der Waals surface area contributed by atoms with Crippen molar-refractivity contribution in [3.63, 3.8) is 0 Å². The molecule has 0 aliphatic heterocycles. The van der Waals surface area contributed by atoms with E-state index in [1.165, 1.54) is 0 Å². The van der Waals surface area contributed by atoms with Gasteiger partial charge < -0.3 is 9.73 Å². The third kappa shape index (κ3) is 3.32. The first-order chi connectivity index (χ1) is 11.0. The molecule has 1 N–H and O–H groups in total. The molecule has 2 heterocycles. The predicted molar refractivity (Wildman–Crippen MR) is 90.1 cm³/mol. The lowest BCUT2D eigenvalue weighted by Gasteiger charge is -2.04. The Kier molecular flexibility index (Phi) is 4.25. The third-order valence-electron chi connectivity index (χ3n) is 3.52. The van der Waals surface area contributed by atoms with E-state index >= 15 is 0 Å². The van der Waals surface area contributed by atoms with E-state index in [9.17, 15) is 9.59 Å². The van der Waals surface area contributed by atoms with Gasteiger partial charge in [0, 0.05) is 23.2 Å². The van der Waals surface area contributed by atoms with Crippen LogP contribution >= 0.6 is 11.3 Å². The Balaban J connectivity index is 1.72. The van der Waals surface area contributed by atoms with E-state index in [0.29, 0.717) is 18.5 Å². The van der Waals surface area contributed by atoms with Gasteiger partial charge in [0.2, 0.25) is 0 Å². The van der Waals surface area contributed by atoms with Crippen molar-refractivity contribution in [1.82, 2.24) is 10.3 Å². The second-order valence-electron chi connectivity index (χ2n) is 5.23. The molecule has 0 radical (unpaired) electrons. The number of para-hydroxylation sites is 1. The molecular formula is C17H16N2O3S. The molecule has 23 heavy (non-hydrogen) atoms. The van der Waals surface area contributed by atoms with E-state index in [-0.39, 0.29) is 5.56 Å². The highest BCUT2D eigenvalue weighted by Crippen LogP contribution is 2.17. The zero-order chi connectivity index (χ0) is 16.4. The average Bonchev–Trinajstić information content (AvgIpc) is 2.84. The van der Waals surface area contributed by atoms with E-state index in [4.69, 9.17) is 4.42 Å². The van der Waals surface area contributed by atoms with Crippen LogP contribution in [0, 0.1) is 13.8 Å². The molecule has 0 spiro atoms. The van der Waals surface area contributed by atoms with Gasteiger partial charge in [0.1, 0.15) is 11.1 Å². The van der Waals surface area contributed by atoms with Crippen LogP contribution in [-0.4, -0.2) is 17.4 Å². The molecule has 118 valence electrons. The Bertz CT molecular complexity index is 927. The van der Waals surface area contributed by atoms with Gasteiger partial charge in [0.15, 0.2) is 0 Å². The highest BCUT2D eigenvalue weighted by Gasteiger charge is 2.13. The third-order valence-corrected chi connectivity index (χ3v) is 4.66. The first kappa shape index (κ1) is 15.4. The van der Waals surface area contributed by atoms with Gasteiger partial charge in [0.25, 0.3) is 5.91 Å². The Morgan fingerprint density at radius 2 is 2.09 bits per heavy atom. The molecule has 0 saturated carbocycles. The van der Waals surface area contributed by atoms with Gasteiger partial charge in [-0.2, -0.15) is 0 Å². The number of hydrogen-bond donors (Lipinski definition) is 1. The molecule has 0 atom stereocenters. The van der Waals surface area contributed by atoms with Gasteiger partial charge in [0.05, 0.1) is 10.7 Å². The summed E-state index contributed by atoms with van der Waals surface area (Å²) in [5, 5.41) is 4.51. The molecule has 0 saturated heterocycles. The monoisotopic (exact) mass is 328 g/mol. The number of aryl methyl sites for hydroxylation is 2. The quantitative estimate of drug-likeness (QED) is 0.748. The van der Waals surface area contributed by atoms with Gasteiger partial charge in [-0.3, -0.25) is 4.79 Å². The van der Waals surface area contributed by atoms with Crippen LogP contribution in [0.2, 0.25) is 0 Å². The molecule has 3 rings (SSSR count). The van der Waals surface area contributed by atoms with Gasteiger partial charge in [-0.15, -0.1) is 11.3 Å².